The molecule has 126 valence electrons. The smallest absolute Gasteiger partial charge is 0.264 e. The van der Waals surface area contributed by atoms with Crippen LogP contribution in [0.3, 0.4) is 0 Å². The van der Waals surface area contributed by atoms with E-state index in [-0.39, 0.29) is 11.9 Å². The molecular formula is C14H28O5S2. The topological polar surface area (TPSA) is 72.8 Å². The van der Waals surface area contributed by atoms with Crippen LogP contribution in [0, 0.1) is 0 Å². The molecule has 1 unspecified atom stereocenters. The quantitative estimate of drug-likeness (QED) is 0.281. The van der Waals surface area contributed by atoms with Gasteiger partial charge in [-0.1, -0.05) is 13.0 Å². The lowest BCUT2D eigenvalue weighted by Crippen LogP contribution is -2.19. The Morgan fingerprint density at radius 1 is 1.29 bits per heavy atom. The third kappa shape index (κ3) is 16.1. The fourth-order valence-corrected chi connectivity index (χ4v) is 3.06. The minimum absolute atomic E-state index is 0.135. The zero-order chi connectivity index (χ0) is 16.0. The maximum absolute atomic E-state index is 10.5. The highest BCUT2D eigenvalue weighted by Gasteiger charge is 2.05. The molecule has 0 saturated heterocycles. The Morgan fingerprint density at radius 3 is 2.62 bits per heavy atom. The van der Waals surface area contributed by atoms with Gasteiger partial charge in [0.2, 0.25) is 0 Å². The van der Waals surface area contributed by atoms with Crippen LogP contribution < -0.4 is 0 Å². The highest BCUT2D eigenvalue weighted by molar-refractivity contribution is 7.99. The molecule has 0 amide bonds. The second kappa shape index (κ2) is 13.6. The van der Waals surface area contributed by atoms with Gasteiger partial charge >= 0.3 is 0 Å². The Kier molecular flexibility index (Phi) is 13.5. The summed E-state index contributed by atoms with van der Waals surface area (Å²) < 4.78 is 40.7. The first kappa shape index (κ1) is 20.9. The first-order chi connectivity index (χ1) is 9.99. The van der Waals surface area contributed by atoms with Crippen molar-refractivity contribution >= 4 is 21.9 Å². The van der Waals surface area contributed by atoms with Gasteiger partial charge in [-0.3, -0.25) is 4.55 Å². The molecule has 0 heterocycles. The normalized spacial score (nSPS) is 13.2. The van der Waals surface area contributed by atoms with Gasteiger partial charge < -0.3 is 9.47 Å². The summed E-state index contributed by atoms with van der Waals surface area (Å²) in [6.45, 7) is 7.57. The molecule has 0 aliphatic rings. The van der Waals surface area contributed by atoms with Gasteiger partial charge in [0.05, 0.1) is 25.1 Å². The Bertz CT molecular complexity index is 343. The lowest BCUT2D eigenvalue weighted by molar-refractivity contribution is -0.00673. The number of hydrogen-bond donors (Lipinski definition) is 1. The molecule has 0 aromatic heterocycles. The molecule has 0 aromatic carbocycles. The van der Waals surface area contributed by atoms with Crippen LogP contribution in [0.1, 0.15) is 32.6 Å². The van der Waals surface area contributed by atoms with E-state index in [1.807, 2.05) is 0 Å². The number of hydrogen-bond acceptors (Lipinski definition) is 5. The summed E-state index contributed by atoms with van der Waals surface area (Å²) in [5.41, 5.74) is 0. The predicted octanol–water partition coefficient (Wildman–Crippen LogP) is 2.78. The van der Waals surface area contributed by atoms with Crippen molar-refractivity contribution in [3.63, 3.8) is 0 Å². The van der Waals surface area contributed by atoms with Gasteiger partial charge in [0.1, 0.15) is 0 Å². The van der Waals surface area contributed by atoms with Crippen LogP contribution in [0.15, 0.2) is 12.7 Å². The van der Waals surface area contributed by atoms with E-state index in [1.165, 1.54) is 0 Å². The third-order valence-corrected chi connectivity index (χ3v) is 4.69. The summed E-state index contributed by atoms with van der Waals surface area (Å²) in [4.78, 5) is 0. The molecule has 5 nitrogen and oxygen atoms in total. The SMILES string of the molecule is C=CCOC(CC)COCCCSCCCCS(=O)(=O)O. The zero-order valence-electron chi connectivity index (χ0n) is 12.8. The molecule has 0 spiro atoms. The van der Waals surface area contributed by atoms with E-state index in [1.54, 1.807) is 17.8 Å². The average molecular weight is 341 g/mol. The highest BCUT2D eigenvalue weighted by atomic mass is 32.2. The van der Waals surface area contributed by atoms with E-state index in [4.69, 9.17) is 14.0 Å². The van der Waals surface area contributed by atoms with Crippen molar-refractivity contribution in [3.8, 4) is 0 Å². The van der Waals surface area contributed by atoms with Crippen molar-refractivity contribution in [1.82, 2.24) is 0 Å². The molecule has 0 aliphatic carbocycles. The molecule has 0 saturated carbocycles. The molecule has 0 aromatic rings. The van der Waals surface area contributed by atoms with E-state index in [0.29, 0.717) is 26.2 Å². The fraction of sp³-hybridized carbons (Fsp3) is 0.857. The Labute approximate surface area is 133 Å². The van der Waals surface area contributed by atoms with Gasteiger partial charge in [0.15, 0.2) is 0 Å². The highest BCUT2D eigenvalue weighted by Crippen LogP contribution is 2.07. The maximum atomic E-state index is 10.5. The van der Waals surface area contributed by atoms with Crippen LogP contribution in [0.4, 0.5) is 0 Å². The van der Waals surface area contributed by atoms with Crippen molar-refractivity contribution < 1.29 is 22.4 Å². The second-order valence-corrected chi connectivity index (χ2v) is 7.48. The third-order valence-electron chi connectivity index (χ3n) is 2.73. The fourth-order valence-electron chi connectivity index (χ4n) is 1.56. The molecule has 1 N–H and O–H groups in total. The molecule has 7 heteroatoms. The van der Waals surface area contributed by atoms with Crippen molar-refractivity contribution in [2.75, 3.05) is 37.1 Å². The zero-order valence-corrected chi connectivity index (χ0v) is 14.5. The van der Waals surface area contributed by atoms with Crippen molar-refractivity contribution in [2.24, 2.45) is 0 Å². The first-order valence-electron chi connectivity index (χ1n) is 7.32. The first-order valence-corrected chi connectivity index (χ1v) is 10.1. The van der Waals surface area contributed by atoms with Crippen LogP contribution in [0.2, 0.25) is 0 Å². The van der Waals surface area contributed by atoms with E-state index in [0.717, 1.165) is 30.8 Å². The lowest BCUT2D eigenvalue weighted by atomic mass is 10.3. The molecule has 21 heavy (non-hydrogen) atoms. The van der Waals surface area contributed by atoms with Crippen molar-refractivity contribution in [1.29, 1.82) is 0 Å². The van der Waals surface area contributed by atoms with Gasteiger partial charge in [0, 0.05) is 6.61 Å². The second-order valence-electron chi connectivity index (χ2n) is 4.69. The van der Waals surface area contributed by atoms with Gasteiger partial charge in [0.25, 0.3) is 10.1 Å². The number of unbranched alkanes of at least 4 members (excludes halogenated alkanes) is 1. The minimum atomic E-state index is -3.79. The monoisotopic (exact) mass is 340 g/mol. The Hall–Kier alpha value is -0.0800. The lowest BCUT2D eigenvalue weighted by Gasteiger charge is -2.15. The largest absolute Gasteiger partial charge is 0.379 e. The molecular weight excluding hydrogens is 312 g/mol. The minimum Gasteiger partial charge on any atom is -0.379 e. The standard InChI is InChI=1S/C14H28O5S2/c1-3-8-19-14(4-2)13-18-9-7-11-20-10-5-6-12-21(15,16)17/h3,14H,1,4-13H2,2H3,(H,15,16,17). The number of rotatable bonds is 15. The molecule has 0 radical (unpaired) electrons. The van der Waals surface area contributed by atoms with E-state index < -0.39 is 10.1 Å². The summed E-state index contributed by atoms with van der Waals surface area (Å²) in [5, 5.41) is 0. The van der Waals surface area contributed by atoms with Crippen LogP contribution in [0.25, 0.3) is 0 Å². The Balaban J connectivity index is 3.30. The summed E-state index contributed by atoms with van der Waals surface area (Å²) in [6, 6.07) is 0. The van der Waals surface area contributed by atoms with Gasteiger partial charge in [-0.05, 0) is 37.2 Å². The van der Waals surface area contributed by atoms with Crippen LogP contribution in [0.5, 0.6) is 0 Å². The number of thioether (sulfide) groups is 1. The molecule has 0 bridgehead atoms. The Morgan fingerprint density at radius 2 is 2.00 bits per heavy atom. The molecule has 1 atom stereocenters. The average Bonchev–Trinajstić information content (AvgIpc) is 2.43. The molecule has 0 fully saturated rings. The predicted molar refractivity (Wildman–Crippen MR) is 88.6 cm³/mol. The van der Waals surface area contributed by atoms with Crippen molar-refractivity contribution in [2.45, 2.75) is 38.7 Å². The van der Waals surface area contributed by atoms with Crippen LogP contribution in [-0.4, -0.2) is 56.2 Å². The maximum Gasteiger partial charge on any atom is 0.264 e. The van der Waals surface area contributed by atoms with Gasteiger partial charge in [-0.15, -0.1) is 6.58 Å². The van der Waals surface area contributed by atoms with Crippen LogP contribution in [-0.2, 0) is 19.6 Å². The van der Waals surface area contributed by atoms with Crippen molar-refractivity contribution in [3.05, 3.63) is 12.7 Å². The summed E-state index contributed by atoms with van der Waals surface area (Å²) in [6.07, 6.45) is 5.09. The summed E-state index contributed by atoms with van der Waals surface area (Å²) in [5.74, 6) is 1.77. The van der Waals surface area contributed by atoms with Gasteiger partial charge in [-0.2, -0.15) is 20.2 Å². The number of ether oxygens (including phenoxy) is 2. The molecule has 0 rings (SSSR count). The van der Waals surface area contributed by atoms with E-state index in [9.17, 15) is 8.42 Å². The summed E-state index contributed by atoms with van der Waals surface area (Å²) >= 11 is 1.78. The van der Waals surface area contributed by atoms with E-state index in [2.05, 4.69) is 13.5 Å². The summed E-state index contributed by atoms with van der Waals surface area (Å²) in [7, 11) is -3.79. The van der Waals surface area contributed by atoms with Crippen LogP contribution >= 0.6 is 11.8 Å². The van der Waals surface area contributed by atoms with Gasteiger partial charge in [-0.25, -0.2) is 0 Å². The molecule has 0 aliphatic heterocycles. The van der Waals surface area contributed by atoms with E-state index >= 15 is 0 Å².